The number of nitrogens with zero attached hydrogens (tertiary/aromatic N) is 1. The highest BCUT2D eigenvalue weighted by molar-refractivity contribution is 6.76. The van der Waals surface area contributed by atoms with Crippen LogP contribution < -0.4 is 5.32 Å². The Balaban J connectivity index is 1.97. The molecule has 3 rings (SSSR count). The van der Waals surface area contributed by atoms with Crippen LogP contribution in [-0.2, 0) is 0 Å². The Morgan fingerprint density at radius 3 is 2.31 bits per heavy atom. The monoisotopic (exact) mass is 374 g/mol. The van der Waals surface area contributed by atoms with E-state index >= 15 is 0 Å². The van der Waals surface area contributed by atoms with Crippen molar-refractivity contribution in [2.45, 2.75) is 66.1 Å². The predicted molar refractivity (Wildman–Crippen MR) is 117 cm³/mol. The Labute approximate surface area is 163 Å². The number of rotatable bonds is 5. The van der Waals surface area contributed by atoms with Gasteiger partial charge in [-0.3, -0.25) is 0 Å². The fourth-order valence-corrected chi connectivity index (χ4v) is 10.0. The molecule has 1 aliphatic heterocycles. The standard InChI is InChI=1S/C23H42N2Si/c1-8-18-15-22(26(6,7)25-11-9-24-10-12-25)21-14-19(16(2)3)13-20(17(4)5)23(18)21/h13-14,16-18,21-24H,8-12,15H2,1-7H3. The van der Waals surface area contributed by atoms with E-state index in [0.717, 1.165) is 23.3 Å². The average molecular weight is 375 g/mol. The smallest absolute Gasteiger partial charge is 0.126 e. The highest BCUT2D eigenvalue weighted by atomic mass is 28.3. The highest BCUT2D eigenvalue weighted by Gasteiger charge is 2.52. The Kier molecular flexibility index (Phi) is 6.21. The van der Waals surface area contributed by atoms with Crippen LogP contribution in [0.1, 0.15) is 47.5 Å². The molecule has 0 radical (unpaired) electrons. The summed E-state index contributed by atoms with van der Waals surface area (Å²) in [6.07, 6.45) is 8.14. The van der Waals surface area contributed by atoms with Crippen molar-refractivity contribution in [1.82, 2.24) is 9.88 Å². The van der Waals surface area contributed by atoms with Crippen LogP contribution in [0.2, 0.25) is 18.6 Å². The van der Waals surface area contributed by atoms with Crippen molar-refractivity contribution in [2.24, 2.45) is 29.6 Å². The van der Waals surface area contributed by atoms with Gasteiger partial charge in [0.15, 0.2) is 0 Å². The number of fused-ring (bicyclic) bond motifs is 1. The molecule has 1 saturated carbocycles. The summed E-state index contributed by atoms with van der Waals surface area (Å²) in [6.45, 7) is 22.3. The van der Waals surface area contributed by atoms with Crippen molar-refractivity contribution in [3.05, 3.63) is 23.3 Å². The molecule has 0 aromatic heterocycles. The van der Waals surface area contributed by atoms with Crippen molar-refractivity contribution in [3.63, 3.8) is 0 Å². The summed E-state index contributed by atoms with van der Waals surface area (Å²) < 4.78 is 2.92. The minimum atomic E-state index is -1.44. The van der Waals surface area contributed by atoms with Gasteiger partial charge < -0.3 is 9.88 Å². The molecule has 2 nitrogen and oxygen atoms in total. The fourth-order valence-electron chi connectivity index (χ4n) is 6.03. The summed E-state index contributed by atoms with van der Waals surface area (Å²) in [4.78, 5) is 0. The molecule has 3 aliphatic rings. The maximum absolute atomic E-state index is 3.56. The van der Waals surface area contributed by atoms with Crippen LogP contribution in [0.5, 0.6) is 0 Å². The van der Waals surface area contributed by atoms with E-state index in [1.165, 1.54) is 39.0 Å². The molecule has 1 heterocycles. The van der Waals surface area contributed by atoms with Gasteiger partial charge in [0, 0.05) is 26.2 Å². The van der Waals surface area contributed by atoms with E-state index in [1.54, 1.807) is 11.1 Å². The zero-order valence-electron chi connectivity index (χ0n) is 18.3. The highest BCUT2D eigenvalue weighted by Crippen LogP contribution is 2.58. The van der Waals surface area contributed by atoms with Gasteiger partial charge in [0.05, 0.1) is 0 Å². The lowest BCUT2D eigenvalue weighted by atomic mass is 9.72. The summed E-state index contributed by atoms with van der Waals surface area (Å²) in [5.41, 5.74) is 4.29. The van der Waals surface area contributed by atoms with Gasteiger partial charge in [0.1, 0.15) is 8.24 Å². The summed E-state index contributed by atoms with van der Waals surface area (Å²) in [5.74, 6) is 3.81. The van der Waals surface area contributed by atoms with Gasteiger partial charge in [-0.1, -0.05) is 71.9 Å². The van der Waals surface area contributed by atoms with Crippen LogP contribution in [0.15, 0.2) is 23.3 Å². The van der Waals surface area contributed by atoms with Gasteiger partial charge in [-0.25, -0.2) is 0 Å². The van der Waals surface area contributed by atoms with Gasteiger partial charge in [-0.2, -0.15) is 0 Å². The third-order valence-electron chi connectivity index (χ3n) is 7.74. The SMILES string of the molecule is CCC1CC([Si](C)(C)N2CCNCC2)C2C=C(C(C)C)C=C(C(C)C)C12. The van der Waals surface area contributed by atoms with Crippen LogP contribution in [0.3, 0.4) is 0 Å². The van der Waals surface area contributed by atoms with E-state index in [4.69, 9.17) is 0 Å². The molecule has 0 aromatic rings. The molecule has 0 aromatic carbocycles. The van der Waals surface area contributed by atoms with Gasteiger partial charge in [0.2, 0.25) is 0 Å². The first-order valence-electron chi connectivity index (χ1n) is 11.2. The first-order chi connectivity index (χ1) is 12.3. The number of hydrogen-bond donors (Lipinski definition) is 1. The molecular formula is C23H42N2Si. The van der Waals surface area contributed by atoms with Crippen molar-refractivity contribution < 1.29 is 0 Å². The molecule has 0 bridgehead atoms. The molecule has 1 N–H and O–H groups in total. The molecule has 4 atom stereocenters. The second-order valence-corrected chi connectivity index (χ2v) is 14.8. The fraction of sp³-hybridized carbons (Fsp3) is 0.826. The quantitative estimate of drug-likeness (QED) is 0.656. The molecule has 2 aliphatic carbocycles. The van der Waals surface area contributed by atoms with Crippen LogP contribution in [-0.4, -0.2) is 39.0 Å². The molecular weight excluding hydrogens is 332 g/mol. The molecule has 26 heavy (non-hydrogen) atoms. The van der Waals surface area contributed by atoms with E-state index in [2.05, 4.69) is 69.7 Å². The molecule has 2 fully saturated rings. The van der Waals surface area contributed by atoms with E-state index < -0.39 is 8.24 Å². The zero-order valence-corrected chi connectivity index (χ0v) is 19.3. The Hall–Kier alpha value is -0.383. The van der Waals surface area contributed by atoms with Gasteiger partial charge in [-0.05, 0) is 47.1 Å². The van der Waals surface area contributed by atoms with Crippen LogP contribution in [0, 0.1) is 29.6 Å². The molecule has 0 spiro atoms. The minimum Gasteiger partial charge on any atom is -0.321 e. The van der Waals surface area contributed by atoms with E-state index in [1.807, 2.05) is 0 Å². The van der Waals surface area contributed by atoms with Gasteiger partial charge >= 0.3 is 0 Å². The predicted octanol–water partition coefficient (Wildman–Crippen LogP) is 5.31. The Morgan fingerprint density at radius 1 is 1.12 bits per heavy atom. The molecule has 0 amide bonds. The third-order valence-corrected chi connectivity index (χ3v) is 12.3. The van der Waals surface area contributed by atoms with E-state index in [0.29, 0.717) is 11.8 Å². The summed E-state index contributed by atoms with van der Waals surface area (Å²) >= 11 is 0. The summed E-state index contributed by atoms with van der Waals surface area (Å²) in [5, 5.41) is 3.56. The summed E-state index contributed by atoms with van der Waals surface area (Å²) in [6, 6.07) is 0. The first kappa shape index (κ1) is 20.4. The second kappa shape index (κ2) is 7.93. The normalized spacial score (nSPS) is 33.4. The number of allylic oxidation sites excluding steroid dienone is 4. The summed E-state index contributed by atoms with van der Waals surface area (Å²) in [7, 11) is -1.44. The average Bonchev–Trinajstić information content (AvgIpc) is 3.01. The lowest BCUT2D eigenvalue weighted by Gasteiger charge is -2.46. The molecule has 148 valence electrons. The number of nitrogens with one attached hydrogen (secondary N) is 1. The van der Waals surface area contributed by atoms with Gasteiger partial charge in [-0.15, -0.1) is 0 Å². The van der Waals surface area contributed by atoms with Crippen molar-refractivity contribution in [2.75, 3.05) is 26.2 Å². The van der Waals surface area contributed by atoms with Crippen molar-refractivity contribution in [1.29, 1.82) is 0 Å². The zero-order chi connectivity index (χ0) is 19.1. The first-order valence-corrected chi connectivity index (χ1v) is 14.2. The van der Waals surface area contributed by atoms with Crippen molar-refractivity contribution >= 4 is 8.24 Å². The molecule has 4 unspecified atom stereocenters. The Bertz CT molecular complexity index is 555. The minimum absolute atomic E-state index is 0.648. The second-order valence-electron chi connectivity index (χ2n) is 10.1. The van der Waals surface area contributed by atoms with Crippen LogP contribution >= 0.6 is 0 Å². The maximum atomic E-state index is 3.56. The maximum Gasteiger partial charge on any atom is 0.126 e. The topological polar surface area (TPSA) is 15.3 Å². The third kappa shape index (κ3) is 3.64. The van der Waals surface area contributed by atoms with Crippen LogP contribution in [0.4, 0.5) is 0 Å². The molecule has 3 heteroatoms. The van der Waals surface area contributed by atoms with Crippen LogP contribution in [0.25, 0.3) is 0 Å². The molecule has 1 saturated heterocycles. The van der Waals surface area contributed by atoms with Crippen molar-refractivity contribution in [3.8, 4) is 0 Å². The van der Waals surface area contributed by atoms with E-state index in [-0.39, 0.29) is 0 Å². The Morgan fingerprint density at radius 2 is 1.77 bits per heavy atom. The lowest BCUT2D eigenvalue weighted by molar-refractivity contribution is 0.341. The number of piperazine rings is 1. The lowest BCUT2D eigenvalue weighted by Crippen LogP contribution is -2.59. The van der Waals surface area contributed by atoms with Gasteiger partial charge in [0.25, 0.3) is 0 Å². The van der Waals surface area contributed by atoms with E-state index in [9.17, 15) is 0 Å². The largest absolute Gasteiger partial charge is 0.321 e. The number of hydrogen-bond acceptors (Lipinski definition) is 2.